The molecular formula is C28H24ClN3O5. The van der Waals surface area contributed by atoms with Crippen LogP contribution in [0, 0.1) is 0 Å². The van der Waals surface area contributed by atoms with E-state index in [9.17, 15) is 14.4 Å². The first-order chi connectivity index (χ1) is 17.9. The van der Waals surface area contributed by atoms with Crippen LogP contribution in [0.1, 0.15) is 21.5 Å². The molecular weight excluding hydrogens is 494 g/mol. The summed E-state index contributed by atoms with van der Waals surface area (Å²) >= 11 is 6.28. The van der Waals surface area contributed by atoms with Crippen molar-refractivity contribution in [2.75, 3.05) is 31.0 Å². The minimum Gasteiger partial charge on any atom is -0.497 e. The van der Waals surface area contributed by atoms with E-state index in [1.54, 1.807) is 36.4 Å². The Balaban J connectivity index is 1.32. The lowest BCUT2D eigenvalue weighted by Gasteiger charge is -2.29. The molecule has 0 atom stereocenters. The first-order valence-electron chi connectivity index (χ1n) is 11.6. The molecule has 2 aliphatic heterocycles. The summed E-state index contributed by atoms with van der Waals surface area (Å²) in [4.78, 5) is 42.0. The highest BCUT2D eigenvalue weighted by Crippen LogP contribution is 2.38. The van der Waals surface area contributed by atoms with Crippen LogP contribution in [0.3, 0.4) is 0 Å². The zero-order valence-corrected chi connectivity index (χ0v) is 21.0. The topological polar surface area (TPSA) is 88.2 Å². The number of halogens is 1. The number of anilines is 2. The second-order valence-corrected chi connectivity index (χ2v) is 9.00. The number of hydrogen-bond donors (Lipinski definition) is 1. The summed E-state index contributed by atoms with van der Waals surface area (Å²) in [5.74, 6) is -0.615. The van der Waals surface area contributed by atoms with E-state index in [4.69, 9.17) is 21.1 Å². The van der Waals surface area contributed by atoms with Crippen LogP contribution in [0.2, 0.25) is 0 Å². The molecule has 0 spiro atoms. The molecule has 0 aliphatic carbocycles. The van der Waals surface area contributed by atoms with Crippen molar-refractivity contribution < 1.29 is 23.9 Å². The summed E-state index contributed by atoms with van der Waals surface area (Å²) < 4.78 is 10.6. The Bertz CT molecular complexity index is 1430. The molecule has 1 N–H and O–H groups in total. The van der Waals surface area contributed by atoms with Gasteiger partial charge >= 0.3 is 0 Å². The van der Waals surface area contributed by atoms with Gasteiger partial charge in [0.05, 0.1) is 19.9 Å². The molecule has 37 heavy (non-hydrogen) atoms. The van der Waals surface area contributed by atoms with Gasteiger partial charge in [0, 0.05) is 30.4 Å². The van der Waals surface area contributed by atoms with Crippen LogP contribution in [-0.4, -0.2) is 43.4 Å². The van der Waals surface area contributed by atoms with Crippen LogP contribution >= 0.6 is 11.6 Å². The molecule has 0 fully saturated rings. The lowest BCUT2D eigenvalue weighted by atomic mass is 9.99. The van der Waals surface area contributed by atoms with Gasteiger partial charge in [-0.25, -0.2) is 4.90 Å². The van der Waals surface area contributed by atoms with E-state index in [2.05, 4.69) is 11.4 Å². The monoisotopic (exact) mass is 517 g/mol. The largest absolute Gasteiger partial charge is 0.497 e. The summed E-state index contributed by atoms with van der Waals surface area (Å²) in [6.45, 7) is 1.22. The van der Waals surface area contributed by atoms with E-state index < -0.39 is 11.8 Å². The Hall–Kier alpha value is -4.30. The van der Waals surface area contributed by atoms with Crippen LogP contribution in [0.4, 0.5) is 11.4 Å². The van der Waals surface area contributed by atoms with Gasteiger partial charge in [0.1, 0.15) is 22.2 Å². The number of rotatable bonds is 6. The third kappa shape index (κ3) is 4.51. The average Bonchev–Trinajstić information content (AvgIpc) is 3.15. The van der Waals surface area contributed by atoms with E-state index in [-0.39, 0.29) is 22.3 Å². The molecule has 2 aliphatic rings. The van der Waals surface area contributed by atoms with Gasteiger partial charge in [0.25, 0.3) is 17.7 Å². The minimum absolute atomic E-state index is 0.0664. The summed E-state index contributed by atoms with van der Waals surface area (Å²) in [5.41, 5.74) is 3.62. The standard InChI is InChI=1S/C28H24ClN3O5/c1-36-21-11-12-23(37-2)22(15-21)32-27(34)24(29)25(28(32)35)30-20-9-7-18(8-10-20)26(33)31-14-13-17-5-3-4-6-19(17)16-31/h3-12,15,30H,13-14,16H2,1-2H3. The molecule has 0 aromatic heterocycles. The van der Waals surface area contributed by atoms with E-state index in [1.807, 2.05) is 23.1 Å². The molecule has 9 heteroatoms. The number of amides is 3. The number of carbonyl (C=O) groups is 3. The van der Waals surface area contributed by atoms with Gasteiger partial charge in [0.15, 0.2) is 0 Å². The maximum absolute atomic E-state index is 13.2. The van der Waals surface area contributed by atoms with Crippen molar-refractivity contribution in [1.29, 1.82) is 0 Å². The normalized spacial score (nSPS) is 15.1. The SMILES string of the molecule is COc1ccc(OC)c(N2C(=O)C(Cl)=C(Nc3ccc(C(=O)N4CCc5ccccc5C4)cc3)C2=O)c1. The van der Waals surface area contributed by atoms with E-state index in [0.29, 0.717) is 35.8 Å². The van der Waals surface area contributed by atoms with Crippen LogP contribution in [-0.2, 0) is 22.6 Å². The third-order valence-corrected chi connectivity index (χ3v) is 6.82. The zero-order chi connectivity index (χ0) is 26.1. The number of nitrogens with zero attached hydrogens (tertiary/aromatic N) is 2. The fourth-order valence-electron chi connectivity index (χ4n) is 4.49. The van der Waals surface area contributed by atoms with Crippen molar-refractivity contribution in [3.05, 3.63) is 94.1 Å². The molecule has 3 aromatic carbocycles. The fourth-order valence-corrected chi connectivity index (χ4v) is 4.71. The predicted octanol–water partition coefficient (Wildman–Crippen LogP) is 4.34. The second-order valence-electron chi connectivity index (χ2n) is 8.62. The summed E-state index contributed by atoms with van der Waals surface area (Å²) in [6.07, 6.45) is 0.818. The van der Waals surface area contributed by atoms with Crippen LogP contribution in [0.5, 0.6) is 11.5 Å². The molecule has 2 heterocycles. The van der Waals surface area contributed by atoms with Crippen molar-refractivity contribution in [3.63, 3.8) is 0 Å². The highest BCUT2D eigenvalue weighted by molar-refractivity contribution is 6.53. The molecule has 8 nitrogen and oxygen atoms in total. The number of benzene rings is 3. The Labute approximate surface area is 219 Å². The Kier molecular flexibility index (Phi) is 6.58. The van der Waals surface area contributed by atoms with Crippen molar-refractivity contribution in [2.45, 2.75) is 13.0 Å². The smallest absolute Gasteiger partial charge is 0.283 e. The maximum Gasteiger partial charge on any atom is 0.283 e. The number of fused-ring (bicyclic) bond motifs is 1. The molecule has 0 radical (unpaired) electrons. The van der Waals surface area contributed by atoms with E-state index in [0.717, 1.165) is 16.9 Å². The lowest BCUT2D eigenvalue weighted by molar-refractivity contribution is -0.120. The average molecular weight is 518 g/mol. The first kappa shape index (κ1) is 24.4. The quantitative estimate of drug-likeness (QED) is 0.489. The third-order valence-electron chi connectivity index (χ3n) is 6.47. The van der Waals surface area contributed by atoms with Gasteiger partial charge < -0.3 is 19.7 Å². The van der Waals surface area contributed by atoms with Crippen molar-refractivity contribution in [1.82, 2.24) is 4.90 Å². The number of imide groups is 1. The highest BCUT2D eigenvalue weighted by Gasteiger charge is 2.40. The van der Waals surface area contributed by atoms with Crippen molar-refractivity contribution in [2.24, 2.45) is 0 Å². The second kappa shape index (κ2) is 9.99. The van der Waals surface area contributed by atoms with Crippen LogP contribution < -0.4 is 19.7 Å². The van der Waals surface area contributed by atoms with Crippen LogP contribution in [0.25, 0.3) is 0 Å². The molecule has 0 unspecified atom stereocenters. The van der Waals surface area contributed by atoms with Gasteiger partial charge in [-0.3, -0.25) is 14.4 Å². The molecule has 0 saturated carbocycles. The number of carbonyl (C=O) groups excluding carboxylic acids is 3. The Morgan fingerprint density at radius 2 is 1.65 bits per heavy atom. The number of nitrogens with one attached hydrogen (secondary N) is 1. The molecule has 0 saturated heterocycles. The summed E-state index contributed by atoms with van der Waals surface area (Å²) in [5, 5.41) is 2.69. The minimum atomic E-state index is -0.683. The fraction of sp³-hybridized carbons (Fsp3) is 0.179. The van der Waals surface area contributed by atoms with E-state index >= 15 is 0 Å². The van der Waals surface area contributed by atoms with Crippen molar-refractivity contribution in [3.8, 4) is 11.5 Å². The Morgan fingerprint density at radius 3 is 2.35 bits per heavy atom. The number of methoxy groups -OCH3 is 2. The zero-order valence-electron chi connectivity index (χ0n) is 20.3. The highest BCUT2D eigenvalue weighted by atomic mass is 35.5. The van der Waals surface area contributed by atoms with Gasteiger partial charge in [0.2, 0.25) is 0 Å². The van der Waals surface area contributed by atoms with Gasteiger partial charge in [-0.1, -0.05) is 35.9 Å². The molecule has 5 rings (SSSR count). The predicted molar refractivity (Wildman–Crippen MR) is 140 cm³/mol. The van der Waals surface area contributed by atoms with Gasteiger partial charge in [-0.2, -0.15) is 0 Å². The van der Waals surface area contributed by atoms with E-state index in [1.165, 1.54) is 25.8 Å². The first-order valence-corrected chi connectivity index (χ1v) is 12.0. The van der Waals surface area contributed by atoms with Crippen molar-refractivity contribution >= 4 is 40.7 Å². The molecule has 3 aromatic rings. The molecule has 0 bridgehead atoms. The summed E-state index contributed by atoms with van der Waals surface area (Å²) in [6, 6.07) is 19.6. The van der Waals surface area contributed by atoms with Gasteiger partial charge in [-0.15, -0.1) is 0 Å². The van der Waals surface area contributed by atoms with Gasteiger partial charge in [-0.05, 0) is 53.9 Å². The Morgan fingerprint density at radius 1 is 0.919 bits per heavy atom. The number of ether oxygens (including phenoxy) is 2. The number of hydrogen-bond acceptors (Lipinski definition) is 6. The van der Waals surface area contributed by atoms with Crippen LogP contribution in [0.15, 0.2) is 77.5 Å². The summed E-state index contributed by atoms with van der Waals surface area (Å²) in [7, 11) is 2.92. The molecule has 188 valence electrons. The maximum atomic E-state index is 13.2. The molecule has 3 amide bonds. The lowest BCUT2D eigenvalue weighted by Crippen LogP contribution is -2.35.